The lowest BCUT2D eigenvalue weighted by Crippen LogP contribution is -2.54. The summed E-state index contributed by atoms with van der Waals surface area (Å²) in [5.74, 6) is 0.464. The van der Waals surface area contributed by atoms with Gasteiger partial charge in [0, 0.05) is 18.8 Å². The normalized spacial score (nSPS) is 22.2. The summed E-state index contributed by atoms with van der Waals surface area (Å²) < 4.78 is 13.7. The van der Waals surface area contributed by atoms with Crippen molar-refractivity contribution in [2.45, 2.75) is 122 Å². The molecule has 2 rings (SSSR count). The molecule has 1 aliphatic carbocycles. The first-order chi connectivity index (χ1) is 14.0. The molecule has 0 spiro atoms. The lowest BCUT2D eigenvalue weighted by atomic mass is 9.80. The first-order valence-corrected chi connectivity index (χ1v) is 17.4. The molecular weight excluding hydrogens is 424 g/mol. The van der Waals surface area contributed by atoms with Crippen molar-refractivity contribution in [2.75, 3.05) is 0 Å². The largest absolute Gasteiger partial charge is 0.413 e. The van der Waals surface area contributed by atoms with Crippen LogP contribution in [0.15, 0.2) is 6.33 Å². The van der Waals surface area contributed by atoms with Gasteiger partial charge in [0.05, 0.1) is 18.8 Å². The van der Waals surface area contributed by atoms with Crippen LogP contribution in [0.3, 0.4) is 0 Å². The highest BCUT2D eigenvalue weighted by atomic mass is 28.4. The minimum Gasteiger partial charge on any atom is -0.413 e. The van der Waals surface area contributed by atoms with Crippen LogP contribution in [0.2, 0.25) is 36.3 Å². The van der Waals surface area contributed by atoms with Gasteiger partial charge in [0.1, 0.15) is 5.78 Å². The van der Waals surface area contributed by atoms with E-state index < -0.39 is 16.6 Å². The van der Waals surface area contributed by atoms with Crippen LogP contribution in [0.4, 0.5) is 0 Å². The Kier molecular flexibility index (Phi) is 8.10. The van der Waals surface area contributed by atoms with Gasteiger partial charge in [0.2, 0.25) is 0 Å². The number of carbonyl (C=O) groups excluding carboxylic acids is 1. The van der Waals surface area contributed by atoms with Crippen molar-refractivity contribution >= 4 is 22.4 Å². The van der Waals surface area contributed by atoms with Gasteiger partial charge in [-0.3, -0.25) is 4.79 Å². The summed E-state index contributed by atoms with van der Waals surface area (Å²) in [6.07, 6.45) is 4.12. The van der Waals surface area contributed by atoms with Gasteiger partial charge in [0.15, 0.2) is 23.0 Å². The quantitative estimate of drug-likeness (QED) is 0.487. The molecule has 0 radical (unpaired) electrons. The lowest BCUT2D eigenvalue weighted by molar-refractivity contribution is -0.130. The van der Waals surface area contributed by atoms with E-state index in [1.54, 1.807) is 4.80 Å². The van der Waals surface area contributed by atoms with Gasteiger partial charge in [-0.05, 0) is 54.3 Å². The number of hydrogen-bond acceptors (Lipinski definition) is 6. The van der Waals surface area contributed by atoms with Crippen LogP contribution in [-0.2, 0) is 20.2 Å². The summed E-state index contributed by atoms with van der Waals surface area (Å²) in [6, 6.07) is 0. The van der Waals surface area contributed by atoms with Gasteiger partial charge in [-0.2, -0.15) is 4.80 Å². The molecule has 0 saturated heterocycles. The van der Waals surface area contributed by atoms with E-state index in [0.29, 0.717) is 19.4 Å². The maximum Gasteiger partial charge on any atom is 0.192 e. The molecular formula is C22H44N4O3Si2. The van der Waals surface area contributed by atoms with Crippen LogP contribution in [-0.4, -0.2) is 54.8 Å². The number of aryl methyl sites for hydroxylation is 1. The maximum absolute atomic E-state index is 12.8. The molecule has 1 heterocycles. The van der Waals surface area contributed by atoms with Crippen LogP contribution in [0.25, 0.3) is 0 Å². The summed E-state index contributed by atoms with van der Waals surface area (Å²) in [5, 5.41) is 12.1. The number of hydrogen-bond donors (Lipinski definition) is 0. The molecule has 1 fully saturated rings. The highest BCUT2D eigenvalue weighted by Gasteiger charge is 2.48. The molecule has 0 N–H and O–H groups in total. The van der Waals surface area contributed by atoms with E-state index in [0.717, 1.165) is 12.8 Å². The number of Topliss-reactive ketones (excluding diaryl/α,β-unsaturated/α-hetero) is 1. The van der Waals surface area contributed by atoms with Crippen molar-refractivity contribution in [3.8, 4) is 0 Å². The number of aromatic nitrogens is 4. The SMILES string of the molecule is CC(C)(C)[Si](C)(C)O[C@@H]1CC(=O)C[C@@H](O[Si](C)(C)C(C)(C)C)C1CCCn1ncnn1. The Morgan fingerprint density at radius 2 is 1.45 bits per heavy atom. The molecule has 0 bridgehead atoms. The highest BCUT2D eigenvalue weighted by Crippen LogP contribution is 2.44. The smallest absolute Gasteiger partial charge is 0.192 e. The van der Waals surface area contributed by atoms with Gasteiger partial charge < -0.3 is 8.85 Å². The molecule has 7 nitrogen and oxygen atoms in total. The Balaban J connectivity index is 2.26. The first-order valence-electron chi connectivity index (χ1n) is 11.6. The molecule has 0 amide bonds. The van der Waals surface area contributed by atoms with Crippen molar-refractivity contribution in [1.29, 1.82) is 0 Å². The van der Waals surface area contributed by atoms with Crippen LogP contribution in [0.5, 0.6) is 0 Å². The molecule has 1 aromatic heterocycles. The second kappa shape index (κ2) is 9.53. The second-order valence-corrected chi connectivity index (χ2v) is 21.6. The number of rotatable bonds is 8. The molecule has 1 aromatic rings. The molecule has 0 unspecified atom stereocenters. The Hall–Kier alpha value is -0.906. The molecule has 0 aromatic carbocycles. The fourth-order valence-electron chi connectivity index (χ4n) is 3.57. The molecule has 1 saturated carbocycles. The number of carbonyl (C=O) groups is 1. The van der Waals surface area contributed by atoms with Crippen molar-refractivity contribution in [3.05, 3.63) is 6.33 Å². The van der Waals surface area contributed by atoms with Crippen molar-refractivity contribution in [1.82, 2.24) is 20.2 Å². The van der Waals surface area contributed by atoms with Gasteiger partial charge in [-0.1, -0.05) is 41.5 Å². The van der Waals surface area contributed by atoms with E-state index in [4.69, 9.17) is 8.85 Å². The number of tetrazole rings is 1. The van der Waals surface area contributed by atoms with Crippen molar-refractivity contribution in [3.63, 3.8) is 0 Å². The van der Waals surface area contributed by atoms with E-state index in [9.17, 15) is 4.79 Å². The molecule has 1 aliphatic rings. The van der Waals surface area contributed by atoms with Crippen LogP contribution in [0, 0.1) is 5.92 Å². The van der Waals surface area contributed by atoms with Crippen molar-refractivity contribution in [2.24, 2.45) is 5.92 Å². The summed E-state index contributed by atoms with van der Waals surface area (Å²) in [5.41, 5.74) is 0. The van der Waals surface area contributed by atoms with Crippen molar-refractivity contribution < 1.29 is 13.6 Å². The molecule has 31 heavy (non-hydrogen) atoms. The molecule has 178 valence electrons. The minimum atomic E-state index is -2.02. The van der Waals surface area contributed by atoms with Gasteiger partial charge in [-0.25, -0.2) is 0 Å². The van der Waals surface area contributed by atoms with Gasteiger partial charge in [0.25, 0.3) is 0 Å². The van der Waals surface area contributed by atoms with E-state index >= 15 is 0 Å². The third kappa shape index (κ3) is 6.79. The second-order valence-electron chi connectivity index (χ2n) is 12.1. The van der Waals surface area contributed by atoms with E-state index in [-0.39, 0.29) is 34.0 Å². The van der Waals surface area contributed by atoms with Crippen LogP contribution < -0.4 is 0 Å². The number of nitrogens with zero attached hydrogens (tertiary/aromatic N) is 4. The molecule has 2 atom stereocenters. The molecule has 9 heteroatoms. The monoisotopic (exact) mass is 468 g/mol. The fourth-order valence-corrected chi connectivity index (χ4v) is 6.31. The Bertz CT molecular complexity index is 684. The predicted molar refractivity (Wildman–Crippen MR) is 129 cm³/mol. The lowest BCUT2D eigenvalue weighted by Gasteiger charge is -2.48. The standard InChI is InChI=1S/C22H44N4O3Si2/c1-21(2,3)30(7,8)28-19-14-17(27)15-20(29-31(9,10)22(4,5)6)18(19)12-11-13-26-24-16-23-25-26/h16,18-20H,11-15H2,1-10H3/t19-,20-/m1/s1. The average Bonchev–Trinajstić information content (AvgIpc) is 3.07. The Morgan fingerprint density at radius 3 is 1.84 bits per heavy atom. The maximum atomic E-state index is 12.8. The Morgan fingerprint density at radius 1 is 0.968 bits per heavy atom. The summed E-state index contributed by atoms with van der Waals surface area (Å²) in [4.78, 5) is 14.4. The fraction of sp³-hybridized carbons (Fsp3) is 0.909. The van der Waals surface area contributed by atoms with Gasteiger partial charge >= 0.3 is 0 Å². The van der Waals surface area contributed by atoms with E-state index in [1.807, 2.05) is 0 Å². The topological polar surface area (TPSA) is 79.1 Å². The first kappa shape index (κ1) is 26.3. The summed E-state index contributed by atoms with van der Waals surface area (Å²) in [7, 11) is -4.03. The Labute approximate surface area is 190 Å². The van der Waals surface area contributed by atoms with Gasteiger partial charge in [-0.15, -0.1) is 10.2 Å². The highest BCUT2D eigenvalue weighted by molar-refractivity contribution is 6.74. The minimum absolute atomic E-state index is 0.0828. The zero-order valence-corrected chi connectivity index (χ0v) is 23.4. The third-order valence-electron chi connectivity index (χ3n) is 7.60. The van der Waals surface area contributed by atoms with E-state index in [2.05, 4.69) is 83.1 Å². The summed E-state index contributed by atoms with van der Waals surface area (Å²) >= 11 is 0. The van der Waals surface area contributed by atoms with Crippen LogP contribution >= 0.6 is 0 Å². The van der Waals surface area contributed by atoms with E-state index in [1.165, 1.54) is 6.33 Å². The number of ketones is 1. The zero-order chi connectivity index (χ0) is 23.7. The average molecular weight is 469 g/mol. The summed E-state index contributed by atoms with van der Waals surface area (Å²) in [6.45, 7) is 23.3. The third-order valence-corrected chi connectivity index (χ3v) is 16.6. The van der Waals surface area contributed by atoms with Crippen LogP contribution in [0.1, 0.15) is 67.2 Å². The molecule has 0 aliphatic heterocycles. The predicted octanol–water partition coefficient (Wildman–Crippen LogP) is 5.21. The zero-order valence-electron chi connectivity index (χ0n) is 21.4.